The second-order valence-corrected chi connectivity index (χ2v) is 7.24. The molecule has 142 valence electrons. The molecule has 8 heteroatoms. The van der Waals surface area contributed by atoms with E-state index in [0.717, 1.165) is 31.4 Å². The fourth-order valence-corrected chi connectivity index (χ4v) is 3.81. The smallest absolute Gasteiger partial charge is 0.173 e. The van der Waals surface area contributed by atoms with Gasteiger partial charge in [0.25, 0.3) is 0 Å². The SMILES string of the molecule is OCCN1CCC[C@@H](Nc2nnc(-c3ccc(Cl)cc3O)n3cccc23)C1. The zero-order valence-corrected chi connectivity index (χ0v) is 15.6. The van der Waals surface area contributed by atoms with Crippen molar-refractivity contribution < 1.29 is 10.2 Å². The second kappa shape index (κ2) is 7.72. The van der Waals surface area contributed by atoms with Gasteiger partial charge in [0.1, 0.15) is 5.75 Å². The van der Waals surface area contributed by atoms with Crippen molar-refractivity contribution in [3.05, 3.63) is 41.6 Å². The van der Waals surface area contributed by atoms with Gasteiger partial charge < -0.3 is 15.5 Å². The molecule has 4 rings (SSSR count). The fourth-order valence-electron chi connectivity index (χ4n) is 3.65. The van der Waals surface area contributed by atoms with Gasteiger partial charge in [-0.2, -0.15) is 0 Å². The highest BCUT2D eigenvalue weighted by Crippen LogP contribution is 2.31. The van der Waals surface area contributed by atoms with Crippen LogP contribution in [0.4, 0.5) is 5.82 Å². The molecular weight excluding hydrogens is 366 g/mol. The molecule has 1 aliphatic heterocycles. The third-order valence-electron chi connectivity index (χ3n) is 4.93. The van der Waals surface area contributed by atoms with Crippen LogP contribution in [0.5, 0.6) is 5.75 Å². The first-order chi connectivity index (χ1) is 13.2. The zero-order valence-electron chi connectivity index (χ0n) is 14.8. The maximum absolute atomic E-state index is 10.2. The second-order valence-electron chi connectivity index (χ2n) is 6.80. The van der Waals surface area contributed by atoms with Crippen LogP contribution in [0.15, 0.2) is 36.5 Å². The van der Waals surface area contributed by atoms with Crippen LogP contribution in [0, 0.1) is 0 Å². The molecule has 0 amide bonds. The van der Waals surface area contributed by atoms with Crippen molar-refractivity contribution in [3.8, 4) is 17.1 Å². The number of fused-ring (bicyclic) bond motifs is 1. The Morgan fingerprint density at radius 3 is 2.96 bits per heavy atom. The Labute approximate surface area is 162 Å². The van der Waals surface area contributed by atoms with Crippen LogP contribution in [-0.4, -0.2) is 62.0 Å². The Hall–Kier alpha value is -2.35. The maximum atomic E-state index is 10.2. The fraction of sp³-hybridized carbons (Fsp3) is 0.368. The Kier molecular flexibility index (Phi) is 5.15. The number of phenolic OH excluding ortho intramolecular Hbond substituents is 1. The molecule has 1 fully saturated rings. The highest BCUT2D eigenvalue weighted by Gasteiger charge is 2.21. The van der Waals surface area contributed by atoms with E-state index in [9.17, 15) is 5.11 Å². The highest BCUT2D eigenvalue weighted by atomic mass is 35.5. The average Bonchev–Trinajstić information content (AvgIpc) is 3.14. The summed E-state index contributed by atoms with van der Waals surface area (Å²) in [7, 11) is 0. The van der Waals surface area contributed by atoms with Crippen LogP contribution in [-0.2, 0) is 0 Å². The molecule has 3 aromatic rings. The van der Waals surface area contributed by atoms with Crippen LogP contribution in [0.2, 0.25) is 5.02 Å². The summed E-state index contributed by atoms with van der Waals surface area (Å²) in [5.74, 6) is 1.34. The monoisotopic (exact) mass is 387 g/mol. The van der Waals surface area contributed by atoms with E-state index in [1.807, 2.05) is 22.7 Å². The van der Waals surface area contributed by atoms with E-state index in [-0.39, 0.29) is 18.4 Å². The largest absolute Gasteiger partial charge is 0.507 e. The molecule has 1 aromatic carbocycles. The summed E-state index contributed by atoms with van der Waals surface area (Å²) in [6.07, 6.45) is 4.03. The Bertz CT molecular complexity index is 943. The van der Waals surface area contributed by atoms with Crippen molar-refractivity contribution in [2.45, 2.75) is 18.9 Å². The number of β-amino-alcohol motifs (C(OH)–C–C–N with tert-alkyl or cyclic N) is 1. The molecule has 0 radical (unpaired) electrons. The van der Waals surface area contributed by atoms with Crippen molar-refractivity contribution in [2.24, 2.45) is 0 Å². The van der Waals surface area contributed by atoms with Gasteiger partial charge in [-0.05, 0) is 49.7 Å². The molecule has 7 nitrogen and oxygen atoms in total. The van der Waals surface area contributed by atoms with Crippen molar-refractivity contribution in [1.29, 1.82) is 0 Å². The number of benzene rings is 1. The van der Waals surface area contributed by atoms with E-state index in [4.69, 9.17) is 16.7 Å². The number of likely N-dealkylation sites (tertiary alicyclic amines) is 1. The number of piperidine rings is 1. The minimum Gasteiger partial charge on any atom is -0.507 e. The molecule has 3 N–H and O–H groups in total. The summed E-state index contributed by atoms with van der Waals surface area (Å²) in [5.41, 5.74) is 1.47. The van der Waals surface area contributed by atoms with Crippen molar-refractivity contribution in [3.63, 3.8) is 0 Å². The van der Waals surface area contributed by atoms with Gasteiger partial charge in [0.05, 0.1) is 17.7 Å². The first-order valence-electron chi connectivity index (χ1n) is 9.08. The predicted octanol–water partition coefficient (Wildman–Crippen LogP) is 2.62. The molecule has 3 heterocycles. The number of aromatic nitrogens is 3. The summed E-state index contributed by atoms with van der Waals surface area (Å²) in [6.45, 7) is 2.75. The van der Waals surface area contributed by atoms with Crippen LogP contribution in [0.3, 0.4) is 0 Å². The average molecular weight is 388 g/mol. The number of nitrogens with zero attached hydrogens (tertiary/aromatic N) is 4. The number of aliphatic hydroxyl groups excluding tert-OH is 1. The van der Waals surface area contributed by atoms with Gasteiger partial charge in [0.2, 0.25) is 0 Å². The third kappa shape index (κ3) is 3.71. The Morgan fingerprint density at radius 1 is 1.26 bits per heavy atom. The van der Waals surface area contributed by atoms with Crippen molar-refractivity contribution >= 4 is 22.9 Å². The Balaban J connectivity index is 1.63. The quantitative estimate of drug-likeness (QED) is 0.624. The molecule has 0 bridgehead atoms. The Morgan fingerprint density at radius 2 is 2.15 bits per heavy atom. The molecule has 2 aromatic heterocycles. The predicted molar refractivity (Wildman–Crippen MR) is 105 cm³/mol. The molecular formula is C19H22ClN5O2. The van der Waals surface area contributed by atoms with Gasteiger partial charge in [0, 0.05) is 30.4 Å². The molecule has 0 unspecified atom stereocenters. The number of phenols is 1. The van der Waals surface area contributed by atoms with Gasteiger partial charge in [-0.3, -0.25) is 9.30 Å². The minimum absolute atomic E-state index is 0.0689. The van der Waals surface area contributed by atoms with E-state index in [1.54, 1.807) is 12.1 Å². The molecule has 0 aliphatic carbocycles. The zero-order chi connectivity index (χ0) is 18.8. The number of hydrogen-bond acceptors (Lipinski definition) is 6. The lowest BCUT2D eigenvalue weighted by molar-refractivity contribution is 0.166. The molecule has 0 saturated carbocycles. The number of anilines is 1. The van der Waals surface area contributed by atoms with Gasteiger partial charge >= 0.3 is 0 Å². The highest BCUT2D eigenvalue weighted by molar-refractivity contribution is 6.30. The lowest BCUT2D eigenvalue weighted by Gasteiger charge is -2.32. The van der Waals surface area contributed by atoms with Crippen molar-refractivity contribution in [1.82, 2.24) is 19.5 Å². The van der Waals surface area contributed by atoms with E-state index in [2.05, 4.69) is 20.4 Å². The molecule has 0 spiro atoms. The molecule has 1 saturated heterocycles. The topological polar surface area (TPSA) is 85.9 Å². The van der Waals surface area contributed by atoms with Crippen LogP contribution < -0.4 is 5.32 Å². The van der Waals surface area contributed by atoms with Gasteiger partial charge in [0.15, 0.2) is 11.6 Å². The number of aliphatic hydroxyl groups is 1. The minimum atomic E-state index is 0.0689. The molecule has 1 atom stereocenters. The van der Waals surface area contributed by atoms with Crippen LogP contribution in [0.25, 0.3) is 16.9 Å². The summed E-state index contributed by atoms with van der Waals surface area (Å²) in [5, 5.41) is 32.1. The first kappa shape index (κ1) is 18.0. The number of halogens is 1. The number of rotatable bonds is 5. The van der Waals surface area contributed by atoms with E-state index in [1.165, 1.54) is 6.07 Å². The van der Waals surface area contributed by atoms with E-state index >= 15 is 0 Å². The summed E-state index contributed by atoms with van der Waals surface area (Å²) in [4.78, 5) is 2.25. The third-order valence-corrected chi connectivity index (χ3v) is 5.16. The van der Waals surface area contributed by atoms with Crippen LogP contribution in [0.1, 0.15) is 12.8 Å². The normalized spacial score (nSPS) is 18.1. The van der Waals surface area contributed by atoms with Gasteiger partial charge in [-0.15, -0.1) is 10.2 Å². The number of hydrogen-bond donors (Lipinski definition) is 3. The summed E-state index contributed by atoms with van der Waals surface area (Å²) < 4.78 is 1.91. The van der Waals surface area contributed by atoms with E-state index < -0.39 is 0 Å². The number of nitrogens with one attached hydrogen (secondary N) is 1. The first-order valence-corrected chi connectivity index (χ1v) is 9.46. The van der Waals surface area contributed by atoms with Gasteiger partial charge in [-0.25, -0.2) is 0 Å². The van der Waals surface area contributed by atoms with E-state index in [0.29, 0.717) is 28.8 Å². The lowest BCUT2D eigenvalue weighted by Crippen LogP contribution is -2.43. The molecule has 1 aliphatic rings. The summed E-state index contributed by atoms with van der Waals surface area (Å²) >= 11 is 5.94. The standard InChI is InChI=1S/C19H22ClN5O2/c20-13-5-6-15(17(27)11-13)19-23-22-18(16-4-2-8-25(16)19)21-14-3-1-7-24(12-14)9-10-26/h2,4-6,8,11,14,26-27H,1,3,7,9-10,12H2,(H,21,22)/t14-/m1/s1. The van der Waals surface area contributed by atoms with Crippen molar-refractivity contribution in [2.75, 3.05) is 31.6 Å². The number of aromatic hydroxyl groups is 1. The van der Waals surface area contributed by atoms with Gasteiger partial charge in [-0.1, -0.05) is 11.6 Å². The lowest BCUT2D eigenvalue weighted by atomic mass is 10.1. The van der Waals surface area contributed by atoms with Crippen LogP contribution >= 0.6 is 11.6 Å². The maximum Gasteiger partial charge on any atom is 0.173 e. The summed E-state index contributed by atoms with van der Waals surface area (Å²) in [6, 6.07) is 9.12. The molecule has 27 heavy (non-hydrogen) atoms.